The number of hydrogen-bond acceptors (Lipinski definition) is 3. The third kappa shape index (κ3) is 7.28. The van der Waals surface area contributed by atoms with Crippen molar-refractivity contribution in [3.8, 4) is 0 Å². The molecule has 1 aromatic rings. The van der Waals surface area contributed by atoms with Crippen molar-refractivity contribution in [2.75, 3.05) is 13.1 Å². The van der Waals surface area contributed by atoms with Gasteiger partial charge in [0.2, 0.25) is 5.91 Å². The van der Waals surface area contributed by atoms with Crippen molar-refractivity contribution in [1.82, 2.24) is 10.6 Å². The summed E-state index contributed by atoms with van der Waals surface area (Å²) in [6.07, 6.45) is 1.52. The lowest BCUT2D eigenvalue weighted by atomic mass is 9.95. The Morgan fingerprint density at radius 3 is 2.48 bits per heavy atom. The maximum Gasteiger partial charge on any atom is 0.251 e. The fraction of sp³-hybridized carbons (Fsp3) is 0.556. The lowest BCUT2D eigenvalue weighted by Crippen LogP contribution is -2.44. The summed E-state index contributed by atoms with van der Waals surface area (Å²) in [5, 5.41) is 15.5. The Labute approximate surface area is 138 Å². The minimum atomic E-state index is -0.931. The molecule has 0 aromatic heterocycles. The van der Waals surface area contributed by atoms with Crippen LogP contribution in [0.1, 0.15) is 49.5 Å². The molecular weight excluding hydrogens is 292 g/mol. The van der Waals surface area contributed by atoms with Crippen LogP contribution in [-0.2, 0) is 4.79 Å². The summed E-state index contributed by atoms with van der Waals surface area (Å²) in [6.45, 7) is 7.82. The number of aryl methyl sites for hydroxylation is 1. The van der Waals surface area contributed by atoms with E-state index in [4.69, 9.17) is 0 Å². The van der Waals surface area contributed by atoms with E-state index in [2.05, 4.69) is 24.5 Å². The summed E-state index contributed by atoms with van der Waals surface area (Å²) in [6, 6.07) is 7.21. The summed E-state index contributed by atoms with van der Waals surface area (Å²) in [5.41, 5.74) is 0.492. The Hall–Kier alpha value is -1.88. The third-order valence-electron chi connectivity index (χ3n) is 3.73. The van der Waals surface area contributed by atoms with Gasteiger partial charge in [-0.15, -0.1) is 0 Å². The maximum absolute atomic E-state index is 12.0. The first-order chi connectivity index (χ1) is 10.7. The number of carbonyl (C=O) groups is 2. The van der Waals surface area contributed by atoms with Gasteiger partial charge in [0.1, 0.15) is 0 Å². The van der Waals surface area contributed by atoms with Crippen molar-refractivity contribution in [2.45, 2.75) is 46.1 Å². The molecule has 0 saturated carbocycles. The number of hydrogen-bond donors (Lipinski definition) is 3. The van der Waals surface area contributed by atoms with Gasteiger partial charge >= 0.3 is 0 Å². The molecule has 1 aromatic carbocycles. The molecule has 0 aliphatic rings. The first-order valence-electron chi connectivity index (χ1n) is 8.04. The van der Waals surface area contributed by atoms with E-state index in [0.717, 1.165) is 12.0 Å². The number of carbonyl (C=O) groups excluding carboxylic acids is 2. The molecule has 0 radical (unpaired) electrons. The maximum atomic E-state index is 12.0. The van der Waals surface area contributed by atoms with E-state index < -0.39 is 5.60 Å². The van der Waals surface area contributed by atoms with E-state index in [-0.39, 0.29) is 24.9 Å². The van der Waals surface area contributed by atoms with Crippen LogP contribution in [0.15, 0.2) is 24.3 Å². The van der Waals surface area contributed by atoms with Gasteiger partial charge in [0.15, 0.2) is 0 Å². The average molecular weight is 320 g/mol. The van der Waals surface area contributed by atoms with Crippen LogP contribution in [-0.4, -0.2) is 35.6 Å². The van der Waals surface area contributed by atoms with Crippen molar-refractivity contribution in [3.63, 3.8) is 0 Å². The Balaban J connectivity index is 2.37. The predicted octanol–water partition coefficient (Wildman–Crippen LogP) is 2.03. The molecule has 2 amide bonds. The van der Waals surface area contributed by atoms with Gasteiger partial charge in [0.25, 0.3) is 5.91 Å². The number of rotatable bonds is 8. The average Bonchev–Trinajstić information content (AvgIpc) is 2.49. The van der Waals surface area contributed by atoms with Gasteiger partial charge < -0.3 is 15.7 Å². The Morgan fingerprint density at radius 2 is 1.87 bits per heavy atom. The van der Waals surface area contributed by atoms with Crippen LogP contribution in [0.25, 0.3) is 0 Å². The standard InChI is InChI=1S/C18H28N2O3/c1-13(2)9-10-18(4,23)12-20-16(21)11-19-17(22)15-8-6-5-7-14(15)3/h5-8,13,23H,9-12H2,1-4H3,(H,19,22)(H,20,21). The molecule has 0 heterocycles. The summed E-state index contributed by atoms with van der Waals surface area (Å²) in [5.74, 6) is -0.0767. The highest BCUT2D eigenvalue weighted by Crippen LogP contribution is 2.15. The first-order valence-corrected chi connectivity index (χ1v) is 8.04. The zero-order valence-corrected chi connectivity index (χ0v) is 14.5. The minimum absolute atomic E-state index is 0.104. The zero-order chi connectivity index (χ0) is 17.5. The lowest BCUT2D eigenvalue weighted by molar-refractivity contribution is -0.121. The van der Waals surface area contributed by atoms with Gasteiger partial charge in [-0.25, -0.2) is 0 Å². The van der Waals surface area contributed by atoms with E-state index in [9.17, 15) is 14.7 Å². The first kappa shape index (κ1) is 19.2. The summed E-state index contributed by atoms with van der Waals surface area (Å²) in [7, 11) is 0. The fourth-order valence-electron chi connectivity index (χ4n) is 2.12. The van der Waals surface area contributed by atoms with Crippen LogP contribution in [0, 0.1) is 12.8 Å². The molecule has 3 N–H and O–H groups in total. The molecule has 0 fully saturated rings. The lowest BCUT2D eigenvalue weighted by Gasteiger charge is -2.24. The molecule has 5 heteroatoms. The predicted molar refractivity (Wildman–Crippen MR) is 91.2 cm³/mol. The quantitative estimate of drug-likeness (QED) is 0.686. The molecule has 0 aliphatic carbocycles. The molecule has 23 heavy (non-hydrogen) atoms. The Morgan fingerprint density at radius 1 is 1.22 bits per heavy atom. The number of aliphatic hydroxyl groups is 1. The molecule has 0 spiro atoms. The van der Waals surface area contributed by atoms with Gasteiger partial charge in [0.05, 0.1) is 12.1 Å². The van der Waals surface area contributed by atoms with Crippen LogP contribution in [0.4, 0.5) is 0 Å². The monoisotopic (exact) mass is 320 g/mol. The summed E-state index contributed by atoms with van der Waals surface area (Å²) in [4.78, 5) is 23.8. The van der Waals surface area contributed by atoms with E-state index >= 15 is 0 Å². The molecule has 1 atom stereocenters. The van der Waals surface area contributed by atoms with Crippen molar-refractivity contribution in [3.05, 3.63) is 35.4 Å². The SMILES string of the molecule is Cc1ccccc1C(=O)NCC(=O)NCC(C)(O)CCC(C)C. The van der Waals surface area contributed by atoms with Crippen molar-refractivity contribution >= 4 is 11.8 Å². The molecule has 0 bridgehead atoms. The van der Waals surface area contributed by atoms with Gasteiger partial charge in [-0.3, -0.25) is 9.59 Å². The smallest absolute Gasteiger partial charge is 0.251 e. The van der Waals surface area contributed by atoms with Crippen LogP contribution in [0.5, 0.6) is 0 Å². The normalized spacial score (nSPS) is 13.5. The Bertz CT molecular complexity index is 539. The third-order valence-corrected chi connectivity index (χ3v) is 3.73. The summed E-state index contributed by atoms with van der Waals surface area (Å²) < 4.78 is 0. The molecule has 0 saturated heterocycles. The van der Waals surface area contributed by atoms with Crippen LogP contribution < -0.4 is 10.6 Å². The highest BCUT2D eigenvalue weighted by Gasteiger charge is 2.21. The second-order valence-corrected chi connectivity index (χ2v) is 6.70. The van der Waals surface area contributed by atoms with E-state index in [1.807, 2.05) is 19.1 Å². The second-order valence-electron chi connectivity index (χ2n) is 6.70. The molecule has 128 valence electrons. The van der Waals surface area contributed by atoms with Crippen LogP contribution in [0.2, 0.25) is 0 Å². The number of nitrogens with one attached hydrogen (secondary N) is 2. The molecule has 0 aliphatic heterocycles. The zero-order valence-electron chi connectivity index (χ0n) is 14.5. The highest BCUT2D eigenvalue weighted by molar-refractivity contribution is 5.97. The second kappa shape index (κ2) is 8.67. The molecule has 1 unspecified atom stereocenters. The van der Waals surface area contributed by atoms with Crippen LogP contribution in [0.3, 0.4) is 0 Å². The molecule has 5 nitrogen and oxygen atoms in total. The van der Waals surface area contributed by atoms with E-state index in [1.54, 1.807) is 19.1 Å². The van der Waals surface area contributed by atoms with Crippen molar-refractivity contribution in [2.24, 2.45) is 5.92 Å². The van der Waals surface area contributed by atoms with Crippen LogP contribution >= 0.6 is 0 Å². The topological polar surface area (TPSA) is 78.4 Å². The van der Waals surface area contributed by atoms with E-state index in [0.29, 0.717) is 17.9 Å². The van der Waals surface area contributed by atoms with E-state index in [1.165, 1.54) is 0 Å². The molecular formula is C18H28N2O3. The van der Waals surface area contributed by atoms with Gasteiger partial charge in [-0.05, 0) is 44.2 Å². The number of benzene rings is 1. The van der Waals surface area contributed by atoms with Crippen molar-refractivity contribution < 1.29 is 14.7 Å². The summed E-state index contributed by atoms with van der Waals surface area (Å²) >= 11 is 0. The van der Waals surface area contributed by atoms with Gasteiger partial charge in [0, 0.05) is 12.1 Å². The highest BCUT2D eigenvalue weighted by atomic mass is 16.3. The largest absolute Gasteiger partial charge is 0.388 e. The van der Waals surface area contributed by atoms with Gasteiger partial charge in [-0.1, -0.05) is 32.0 Å². The van der Waals surface area contributed by atoms with Crippen molar-refractivity contribution in [1.29, 1.82) is 0 Å². The Kier molecular flexibility index (Phi) is 7.23. The fourth-order valence-corrected chi connectivity index (χ4v) is 2.12. The van der Waals surface area contributed by atoms with Gasteiger partial charge in [-0.2, -0.15) is 0 Å². The minimum Gasteiger partial charge on any atom is -0.388 e. The molecule has 1 rings (SSSR count). The number of amides is 2.